The number of carbonyl (C=O) groups excluding carboxylic acids is 2. The molecule has 0 fully saturated rings. The first kappa shape index (κ1) is 30.7. The summed E-state index contributed by atoms with van der Waals surface area (Å²) < 4.78 is 61.8. The molecular formula is C29H32F2N4O6S. The third-order valence-corrected chi connectivity index (χ3v) is 8.34. The maximum Gasteiger partial charge on any atom is 0.321 e. The van der Waals surface area contributed by atoms with Gasteiger partial charge in [0.2, 0.25) is 0 Å². The van der Waals surface area contributed by atoms with Gasteiger partial charge in [0.1, 0.15) is 17.7 Å². The number of ether oxygens (including phenoxy) is 1. The number of aliphatic hydroxyl groups is 1. The van der Waals surface area contributed by atoms with E-state index in [1.165, 1.54) is 59.3 Å². The molecule has 0 radical (unpaired) electrons. The van der Waals surface area contributed by atoms with Crippen LogP contribution >= 0.6 is 0 Å². The van der Waals surface area contributed by atoms with Gasteiger partial charge in [0.05, 0.1) is 35.3 Å². The minimum atomic E-state index is -4.20. The van der Waals surface area contributed by atoms with E-state index in [0.29, 0.717) is 5.69 Å². The van der Waals surface area contributed by atoms with E-state index in [0.717, 1.165) is 24.3 Å². The molecule has 3 aromatic carbocycles. The maximum absolute atomic E-state index is 13.6. The molecule has 4 rings (SSSR count). The van der Waals surface area contributed by atoms with Crippen molar-refractivity contribution in [3.05, 3.63) is 83.9 Å². The van der Waals surface area contributed by atoms with Crippen molar-refractivity contribution in [1.82, 2.24) is 9.80 Å². The SMILES string of the molecule is C[C@@H]1CN([C@@H](C)CO)C(=O)c2cccc(NS(=O)(=O)c3ccc(F)cc3)c2O[C@@H]1CN(C)C(=O)Nc1ccc(F)cc1. The van der Waals surface area contributed by atoms with Crippen molar-refractivity contribution in [3.63, 3.8) is 0 Å². The lowest BCUT2D eigenvalue weighted by molar-refractivity contribution is 0.0373. The number of amides is 3. The summed E-state index contributed by atoms with van der Waals surface area (Å²) in [5.74, 6) is -1.94. The Morgan fingerprint density at radius 3 is 2.33 bits per heavy atom. The number of nitrogens with zero attached hydrogens (tertiary/aromatic N) is 2. The number of rotatable bonds is 8. The van der Waals surface area contributed by atoms with Gasteiger partial charge >= 0.3 is 6.03 Å². The van der Waals surface area contributed by atoms with E-state index in [2.05, 4.69) is 10.0 Å². The van der Waals surface area contributed by atoms with Gasteiger partial charge in [0.15, 0.2) is 5.75 Å². The average Bonchev–Trinajstić information content (AvgIpc) is 2.96. The van der Waals surface area contributed by atoms with E-state index in [1.807, 2.05) is 6.92 Å². The molecule has 3 N–H and O–H groups in total. The summed E-state index contributed by atoms with van der Waals surface area (Å²) in [7, 11) is -2.67. The second kappa shape index (κ2) is 12.7. The molecule has 1 heterocycles. The van der Waals surface area contributed by atoms with Crippen LogP contribution in [0.4, 0.5) is 25.0 Å². The van der Waals surface area contributed by atoms with E-state index in [4.69, 9.17) is 4.74 Å². The van der Waals surface area contributed by atoms with Crippen molar-refractivity contribution in [1.29, 1.82) is 0 Å². The number of para-hydroxylation sites is 1. The number of benzene rings is 3. The van der Waals surface area contributed by atoms with Crippen LogP contribution in [0.15, 0.2) is 71.6 Å². The number of hydrogen-bond donors (Lipinski definition) is 3. The number of nitrogens with one attached hydrogen (secondary N) is 2. The van der Waals surface area contributed by atoms with Gasteiger partial charge in [-0.15, -0.1) is 0 Å². The topological polar surface area (TPSA) is 128 Å². The summed E-state index contributed by atoms with van der Waals surface area (Å²) in [6, 6.07) is 12.9. The predicted molar refractivity (Wildman–Crippen MR) is 153 cm³/mol. The molecule has 3 aromatic rings. The quantitative estimate of drug-likeness (QED) is 0.356. The second-order valence-corrected chi connectivity index (χ2v) is 11.9. The molecule has 0 unspecified atom stereocenters. The number of carbonyl (C=O) groups is 2. The summed E-state index contributed by atoms with van der Waals surface area (Å²) in [6.07, 6.45) is -0.731. The van der Waals surface area contributed by atoms with Crippen molar-refractivity contribution < 1.29 is 36.6 Å². The Kier molecular flexibility index (Phi) is 9.32. The fraction of sp³-hybridized carbons (Fsp3) is 0.310. The largest absolute Gasteiger partial charge is 0.485 e. The molecule has 0 saturated heterocycles. The van der Waals surface area contributed by atoms with Crippen molar-refractivity contribution in [2.75, 3.05) is 36.8 Å². The third-order valence-electron chi connectivity index (χ3n) is 6.96. The summed E-state index contributed by atoms with van der Waals surface area (Å²) in [5, 5.41) is 12.5. The molecule has 1 aliphatic heterocycles. The number of aliphatic hydroxyl groups excluding tert-OH is 1. The minimum Gasteiger partial charge on any atom is -0.485 e. The molecule has 42 heavy (non-hydrogen) atoms. The Morgan fingerprint density at radius 2 is 1.71 bits per heavy atom. The number of hydrogen-bond acceptors (Lipinski definition) is 6. The van der Waals surface area contributed by atoms with Crippen molar-refractivity contribution in [2.24, 2.45) is 5.92 Å². The Morgan fingerprint density at radius 1 is 1.10 bits per heavy atom. The van der Waals surface area contributed by atoms with Gasteiger partial charge in [-0.1, -0.05) is 13.0 Å². The number of urea groups is 1. The van der Waals surface area contributed by atoms with Gasteiger partial charge in [-0.2, -0.15) is 0 Å². The fourth-order valence-electron chi connectivity index (χ4n) is 4.46. The Bertz CT molecular complexity index is 1540. The van der Waals surface area contributed by atoms with Gasteiger partial charge in [-0.3, -0.25) is 9.52 Å². The molecule has 0 spiro atoms. The van der Waals surface area contributed by atoms with Gasteiger partial charge in [-0.25, -0.2) is 22.0 Å². The first-order valence-corrected chi connectivity index (χ1v) is 14.7. The van der Waals surface area contributed by atoms with Crippen LogP contribution in [0.25, 0.3) is 0 Å². The highest BCUT2D eigenvalue weighted by molar-refractivity contribution is 7.92. The van der Waals surface area contributed by atoms with E-state index < -0.39 is 45.7 Å². The third kappa shape index (κ3) is 6.97. The van der Waals surface area contributed by atoms with E-state index in [1.54, 1.807) is 6.92 Å². The summed E-state index contributed by atoms with van der Waals surface area (Å²) in [5.41, 5.74) is 0.417. The number of fused-ring (bicyclic) bond motifs is 1. The normalized spacial score (nSPS) is 17.8. The molecule has 224 valence electrons. The molecule has 3 amide bonds. The van der Waals surface area contributed by atoms with Crippen LogP contribution in [-0.2, 0) is 10.0 Å². The van der Waals surface area contributed by atoms with Crippen LogP contribution in [0.3, 0.4) is 0 Å². The monoisotopic (exact) mass is 602 g/mol. The molecule has 0 aliphatic carbocycles. The van der Waals surface area contributed by atoms with Crippen molar-refractivity contribution in [2.45, 2.75) is 30.9 Å². The zero-order chi connectivity index (χ0) is 30.6. The van der Waals surface area contributed by atoms with Crippen LogP contribution in [0.1, 0.15) is 24.2 Å². The molecule has 3 atom stereocenters. The first-order chi connectivity index (χ1) is 19.9. The van der Waals surface area contributed by atoms with Gasteiger partial charge in [0.25, 0.3) is 15.9 Å². The summed E-state index contributed by atoms with van der Waals surface area (Å²) >= 11 is 0. The molecule has 0 saturated carbocycles. The van der Waals surface area contributed by atoms with E-state index >= 15 is 0 Å². The summed E-state index contributed by atoms with van der Waals surface area (Å²) in [6.45, 7) is 3.41. The standard InChI is InChI=1S/C29H32F2N4O6S/c1-18-15-35(19(2)17-36)28(37)24-5-4-6-25(33-42(39,40)23-13-9-21(31)10-14-23)27(24)41-26(18)16-34(3)29(38)32-22-11-7-20(30)8-12-22/h4-14,18-19,26,33,36H,15-17H2,1-3H3,(H,32,38)/t18-,19+,26-/m1/s1. The second-order valence-electron chi connectivity index (χ2n) is 10.2. The molecule has 1 aliphatic rings. The van der Waals surface area contributed by atoms with Crippen LogP contribution in [-0.4, -0.2) is 74.2 Å². The number of sulfonamides is 1. The minimum absolute atomic E-state index is 0.0284. The van der Waals surface area contributed by atoms with Gasteiger partial charge in [-0.05, 0) is 67.6 Å². The zero-order valence-corrected chi connectivity index (χ0v) is 24.1. The lowest BCUT2D eigenvalue weighted by Crippen LogP contribution is -2.50. The average molecular weight is 603 g/mol. The number of anilines is 2. The van der Waals surface area contributed by atoms with Crippen LogP contribution in [0, 0.1) is 17.6 Å². The molecular weight excluding hydrogens is 570 g/mol. The zero-order valence-electron chi connectivity index (χ0n) is 23.3. The van der Waals surface area contributed by atoms with Crippen molar-refractivity contribution >= 4 is 33.3 Å². The van der Waals surface area contributed by atoms with Crippen molar-refractivity contribution in [3.8, 4) is 5.75 Å². The number of likely N-dealkylation sites (N-methyl/N-ethyl adjacent to an activating group) is 1. The van der Waals surface area contributed by atoms with Crippen LogP contribution in [0.2, 0.25) is 0 Å². The highest BCUT2D eigenvalue weighted by Crippen LogP contribution is 2.36. The fourth-order valence-corrected chi connectivity index (χ4v) is 5.53. The highest BCUT2D eigenvalue weighted by Gasteiger charge is 2.35. The molecule has 10 nitrogen and oxygen atoms in total. The molecule has 13 heteroatoms. The van der Waals surface area contributed by atoms with E-state index in [9.17, 15) is 31.9 Å². The molecule has 0 bridgehead atoms. The Labute approximate surface area is 242 Å². The Hall–Kier alpha value is -4.23. The predicted octanol–water partition coefficient (Wildman–Crippen LogP) is 4.15. The van der Waals surface area contributed by atoms with E-state index in [-0.39, 0.29) is 47.5 Å². The summed E-state index contributed by atoms with van der Waals surface area (Å²) in [4.78, 5) is 29.2. The lowest BCUT2D eigenvalue weighted by Gasteiger charge is -2.38. The smallest absolute Gasteiger partial charge is 0.321 e. The first-order valence-electron chi connectivity index (χ1n) is 13.2. The lowest BCUT2D eigenvalue weighted by atomic mass is 9.99. The highest BCUT2D eigenvalue weighted by atomic mass is 32.2. The van der Waals surface area contributed by atoms with Gasteiger partial charge < -0.3 is 25.0 Å². The van der Waals surface area contributed by atoms with Crippen LogP contribution in [0.5, 0.6) is 5.75 Å². The maximum atomic E-state index is 13.6. The molecule has 0 aromatic heterocycles. The Balaban J connectivity index is 1.68. The van der Waals surface area contributed by atoms with Crippen LogP contribution < -0.4 is 14.8 Å². The van der Waals surface area contributed by atoms with Gasteiger partial charge in [0, 0.05) is 25.2 Å². The number of halogens is 2.